The van der Waals surface area contributed by atoms with Crippen LogP contribution in [0.1, 0.15) is 23.3 Å². The van der Waals surface area contributed by atoms with Crippen molar-refractivity contribution in [2.75, 3.05) is 51.6 Å². The van der Waals surface area contributed by atoms with Crippen LogP contribution in [0.5, 0.6) is 0 Å². The smallest absolute Gasteiger partial charge is 0.270 e. The number of piperidine rings is 1. The molecular weight excluding hydrogens is 502 g/mol. The van der Waals surface area contributed by atoms with Gasteiger partial charge in [-0.25, -0.2) is 9.97 Å². The van der Waals surface area contributed by atoms with Crippen LogP contribution in [0.15, 0.2) is 60.9 Å². The first-order valence-corrected chi connectivity index (χ1v) is 14.0. The number of amides is 1. The van der Waals surface area contributed by atoms with Crippen molar-refractivity contribution in [2.24, 2.45) is 0 Å². The molecule has 204 valence electrons. The Kier molecular flexibility index (Phi) is 6.41. The Morgan fingerprint density at radius 1 is 0.975 bits per heavy atom. The summed E-state index contributed by atoms with van der Waals surface area (Å²) in [4.78, 5) is 33.1. The molecule has 0 saturated carbocycles. The van der Waals surface area contributed by atoms with E-state index in [-0.39, 0.29) is 5.91 Å². The van der Waals surface area contributed by atoms with E-state index in [1.54, 1.807) is 12.4 Å². The summed E-state index contributed by atoms with van der Waals surface area (Å²) in [5, 5.41) is 12.4. The molecule has 2 fully saturated rings. The number of carbonyl (C=O) groups is 1. The van der Waals surface area contributed by atoms with Crippen molar-refractivity contribution in [1.29, 1.82) is 0 Å². The first-order chi connectivity index (χ1) is 19.6. The summed E-state index contributed by atoms with van der Waals surface area (Å²) in [6.07, 6.45) is 5.76. The summed E-state index contributed by atoms with van der Waals surface area (Å²) in [6, 6.07) is 16.3. The van der Waals surface area contributed by atoms with Crippen LogP contribution >= 0.6 is 0 Å². The van der Waals surface area contributed by atoms with E-state index in [2.05, 4.69) is 42.3 Å². The van der Waals surface area contributed by atoms with Crippen LogP contribution < -0.4 is 5.32 Å². The van der Waals surface area contributed by atoms with Gasteiger partial charge in [-0.05, 0) is 56.3 Å². The first kappa shape index (κ1) is 24.7. The lowest BCUT2D eigenvalue weighted by atomic mass is 10.0. The highest BCUT2D eigenvalue weighted by molar-refractivity contribution is 5.98. The Morgan fingerprint density at radius 3 is 2.77 bits per heavy atom. The predicted molar refractivity (Wildman–Crippen MR) is 157 cm³/mol. The molecule has 7 rings (SSSR count). The molecule has 1 amide bonds. The van der Waals surface area contributed by atoms with E-state index in [9.17, 15) is 4.79 Å². The van der Waals surface area contributed by atoms with Gasteiger partial charge in [0.25, 0.3) is 5.91 Å². The molecule has 2 aliphatic rings. The van der Waals surface area contributed by atoms with Gasteiger partial charge < -0.3 is 20.1 Å². The number of fused-ring (bicyclic) bond motifs is 2. The van der Waals surface area contributed by atoms with E-state index in [0.717, 1.165) is 85.2 Å². The van der Waals surface area contributed by atoms with Crippen molar-refractivity contribution in [3.05, 3.63) is 66.6 Å². The molecule has 3 N–H and O–H groups in total. The highest BCUT2D eigenvalue weighted by Crippen LogP contribution is 2.26. The van der Waals surface area contributed by atoms with E-state index in [0.29, 0.717) is 23.4 Å². The lowest BCUT2D eigenvalue weighted by molar-refractivity contribution is 0.0454. The van der Waals surface area contributed by atoms with Crippen molar-refractivity contribution in [3.8, 4) is 11.4 Å². The SMILES string of the molecule is CN1CCN(C2CCCN(C(=O)c3cc4ccc(-c5nccc(Nc6ccc7[nH]ncc7c6)n5)cc4[nH]3)C2)CC1. The lowest BCUT2D eigenvalue weighted by Gasteiger charge is -2.42. The number of nitrogens with zero attached hydrogens (tertiary/aromatic N) is 6. The average Bonchev–Trinajstić information content (AvgIpc) is 3.64. The molecule has 0 radical (unpaired) electrons. The number of H-pyrrole nitrogens is 2. The van der Waals surface area contributed by atoms with Crippen LogP contribution in [0.4, 0.5) is 11.5 Å². The Bertz CT molecular complexity index is 1670. The number of likely N-dealkylation sites (tertiary alicyclic amines) is 1. The van der Waals surface area contributed by atoms with Crippen molar-refractivity contribution in [3.63, 3.8) is 0 Å². The van der Waals surface area contributed by atoms with Gasteiger partial charge >= 0.3 is 0 Å². The summed E-state index contributed by atoms with van der Waals surface area (Å²) < 4.78 is 0. The fourth-order valence-electron chi connectivity index (χ4n) is 5.91. The Hall–Kier alpha value is -4.28. The maximum atomic E-state index is 13.5. The van der Waals surface area contributed by atoms with Gasteiger partial charge in [0.1, 0.15) is 11.5 Å². The fraction of sp³-hybridized carbons (Fsp3) is 0.333. The number of aromatic nitrogens is 5. The summed E-state index contributed by atoms with van der Waals surface area (Å²) >= 11 is 0. The Balaban J connectivity index is 1.07. The number of nitrogens with one attached hydrogen (secondary N) is 3. The van der Waals surface area contributed by atoms with Crippen LogP contribution in [0, 0.1) is 0 Å². The van der Waals surface area contributed by atoms with Crippen LogP contribution in [0.3, 0.4) is 0 Å². The minimum atomic E-state index is 0.0774. The van der Waals surface area contributed by atoms with Gasteiger partial charge in [0, 0.05) is 79.0 Å². The molecule has 2 aliphatic heterocycles. The molecule has 2 saturated heterocycles. The van der Waals surface area contributed by atoms with E-state index < -0.39 is 0 Å². The molecule has 10 nitrogen and oxygen atoms in total. The second-order valence-electron chi connectivity index (χ2n) is 10.9. The van der Waals surface area contributed by atoms with Crippen molar-refractivity contribution in [1.82, 2.24) is 39.8 Å². The highest BCUT2D eigenvalue weighted by atomic mass is 16.2. The molecular formula is C30H33N9O. The Labute approximate surface area is 232 Å². The fourth-order valence-corrected chi connectivity index (χ4v) is 5.91. The minimum Gasteiger partial charge on any atom is -0.351 e. The summed E-state index contributed by atoms with van der Waals surface area (Å²) in [5.41, 5.74) is 4.34. The van der Waals surface area contributed by atoms with Gasteiger partial charge in [0.05, 0.1) is 11.7 Å². The van der Waals surface area contributed by atoms with Gasteiger partial charge in [-0.15, -0.1) is 0 Å². The summed E-state index contributed by atoms with van der Waals surface area (Å²) in [5.74, 6) is 1.40. The maximum absolute atomic E-state index is 13.5. The van der Waals surface area contributed by atoms with Crippen LogP contribution in [-0.2, 0) is 0 Å². The molecule has 2 aromatic carbocycles. The van der Waals surface area contributed by atoms with E-state index in [4.69, 9.17) is 4.98 Å². The van der Waals surface area contributed by atoms with Crippen LogP contribution in [0.2, 0.25) is 0 Å². The zero-order chi connectivity index (χ0) is 27.1. The topological polar surface area (TPSA) is 109 Å². The molecule has 40 heavy (non-hydrogen) atoms. The number of rotatable bonds is 5. The second-order valence-corrected chi connectivity index (χ2v) is 10.9. The molecule has 5 aromatic rings. The minimum absolute atomic E-state index is 0.0774. The van der Waals surface area contributed by atoms with Gasteiger partial charge in [0.15, 0.2) is 5.82 Å². The standard InChI is InChI=1S/C30H33N9O/c1-37-11-13-38(14-12-37)24-3-2-10-39(19-24)30(40)27-16-20-4-5-21(17-26(20)34-27)29-31-9-8-28(35-29)33-23-6-7-25-22(15-23)18-32-36-25/h4-9,15-18,24,34H,2-3,10-14,19H2,1H3,(H,32,36)(H,31,33,35). The van der Waals surface area contributed by atoms with E-state index >= 15 is 0 Å². The number of anilines is 2. The number of likely N-dealkylation sites (N-methyl/N-ethyl adjacent to an activating group) is 1. The monoisotopic (exact) mass is 535 g/mol. The highest BCUT2D eigenvalue weighted by Gasteiger charge is 2.30. The molecule has 0 spiro atoms. The summed E-state index contributed by atoms with van der Waals surface area (Å²) in [6.45, 7) is 5.96. The van der Waals surface area contributed by atoms with Gasteiger partial charge in [-0.3, -0.25) is 14.8 Å². The number of aromatic amines is 2. The normalized spacial score (nSPS) is 18.9. The quantitative estimate of drug-likeness (QED) is 0.311. The third kappa shape index (κ3) is 4.91. The first-order valence-electron chi connectivity index (χ1n) is 14.0. The van der Waals surface area contributed by atoms with E-state index in [1.165, 1.54) is 0 Å². The largest absolute Gasteiger partial charge is 0.351 e. The van der Waals surface area contributed by atoms with Crippen molar-refractivity contribution in [2.45, 2.75) is 18.9 Å². The number of hydrogen-bond donors (Lipinski definition) is 3. The third-order valence-corrected chi connectivity index (χ3v) is 8.22. The molecule has 5 heterocycles. The maximum Gasteiger partial charge on any atom is 0.270 e. The van der Waals surface area contributed by atoms with E-state index in [1.807, 2.05) is 53.4 Å². The molecule has 0 aliphatic carbocycles. The third-order valence-electron chi connectivity index (χ3n) is 8.22. The summed E-state index contributed by atoms with van der Waals surface area (Å²) in [7, 11) is 2.18. The molecule has 1 unspecified atom stereocenters. The Morgan fingerprint density at radius 2 is 1.88 bits per heavy atom. The van der Waals surface area contributed by atoms with Crippen molar-refractivity contribution < 1.29 is 4.79 Å². The van der Waals surface area contributed by atoms with Crippen molar-refractivity contribution >= 4 is 39.2 Å². The zero-order valence-corrected chi connectivity index (χ0v) is 22.6. The molecule has 0 bridgehead atoms. The van der Waals surface area contributed by atoms with Crippen LogP contribution in [0.25, 0.3) is 33.2 Å². The van der Waals surface area contributed by atoms with Crippen LogP contribution in [-0.4, -0.2) is 98.1 Å². The molecule has 3 aromatic heterocycles. The molecule has 1 atom stereocenters. The van der Waals surface area contributed by atoms with Gasteiger partial charge in [-0.1, -0.05) is 12.1 Å². The zero-order valence-electron chi connectivity index (χ0n) is 22.6. The molecule has 10 heteroatoms. The van der Waals surface area contributed by atoms with Gasteiger partial charge in [-0.2, -0.15) is 5.10 Å². The van der Waals surface area contributed by atoms with Gasteiger partial charge in [0.2, 0.25) is 0 Å². The number of hydrogen-bond acceptors (Lipinski definition) is 7. The predicted octanol–water partition coefficient (Wildman–Crippen LogP) is 4.10. The second kappa shape index (κ2) is 10.4. The lowest BCUT2D eigenvalue weighted by Crippen LogP contribution is -2.55. The number of benzene rings is 2. The number of piperazine rings is 1. The number of carbonyl (C=O) groups excluding carboxylic acids is 1. The average molecular weight is 536 g/mol.